The van der Waals surface area contributed by atoms with E-state index in [2.05, 4.69) is 41.2 Å². The number of benzene rings is 2. The van der Waals surface area contributed by atoms with Gasteiger partial charge >= 0.3 is 0 Å². The molecule has 3 N–H and O–H groups in total. The molecule has 1 aliphatic rings. The quantitative estimate of drug-likeness (QED) is 0.364. The molecule has 2 aromatic heterocycles. The number of nitrogens with zero attached hydrogens (tertiary/aromatic N) is 5. The maximum Gasteiger partial charge on any atom is 0.275 e. The van der Waals surface area contributed by atoms with Gasteiger partial charge in [-0.3, -0.25) is 9.59 Å². The van der Waals surface area contributed by atoms with Crippen LogP contribution in [-0.4, -0.2) is 42.4 Å². The molecule has 0 saturated heterocycles. The second-order valence-corrected chi connectivity index (χ2v) is 8.53. The summed E-state index contributed by atoms with van der Waals surface area (Å²) in [6.07, 6.45) is 0.402. The van der Waals surface area contributed by atoms with Crippen LogP contribution in [0.1, 0.15) is 55.7 Å². The number of aromatic nitrogens is 6. The highest BCUT2D eigenvalue weighted by Crippen LogP contribution is 2.48. The van der Waals surface area contributed by atoms with Gasteiger partial charge < -0.3 is 10.6 Å². The average Bonchev–Trinajstić information content (AvgIpc) is 3.51. The summed E-state index contributed by atoms with van der Waals surface area (Å²) in [5.41, 5.74) is 1.27. The summed E-state index contributed by atoms with van der Waals surface area (Å²) in [5.74, 6) is -4.68. The number of amides is 2. The van der Waals surface area contributed by atoms with E-state index in [1.165, 1.54) is 24.3 Å². The van der Waals surface area contributed by atoms with Gasteiger partial charge in [-0.05, 0) is 41.0 Å². The fraction of sp³-hybridized carbons (Fsp3) is 0.208. The first kappa shape index (κ1) is 24.0. The van der Waals surface area contributed by atoms with E-state index in [0.29, 0.717) is 16.7 Å². The Morgan fingerprint density at radius 3 is 2.59 bits per heavy atom. The number of H-pyrrole nitrogens is 1. The number of aromatic amines is 1. The monoisotopic (exact) mass is 508 g/mol. The van der Waals surface area contributed by atoms with E-state index in [1.54, 1.807) is 25.1 Å². The van der Waals surface area contributed by atoms with Crippen molar-refractivity contribution in [1.29, 1.82) is 0 Å². The molecule has 2 heterocycles. The molecule has 13 heteroatoms. The van der Waals surface area contributed by atoms with E-state index in [4.69, 9.17) is 0 Å². The van der Waals surface area contributed by atoms with E-state index in [1.807, 2.05) is 0 Å². The Bertz CT molecular complexity index is 1490. The second kappa shape index (κ2) is 9.41. The smallest absolute Gasteiger partial charge is 0.275 e. The molecule has 0 bridgehead atoms. The summed E-state index contributed by atoms with van der Waals surface area (Å²) < 4.78 is 43.0. The molecule has 1 aliphatic carbocycles. The lowest BCUT2D eigenvalue weighted by molar-refractivity contribution is -0.00843. The molecule has 0 radical (unpaired) electrons. The molecule has 2 aromatic carbocycles. The van der Waals surface area contributed by atoms with Gasteiger partial charge in [0.25, 0.3) is 17.7 Å². The molecule has 10 nitrogen and oxygen atoms in total. The number of carbonyl (C=O) groups excluding carboxylic acids is 2. The number of tetrazole rings is 1. The molecule has 4 aromatic rings. The molecule has 1 atom stereocenters. The molecule has 2 amide bonds. The molecule has 0 spiro atoms. The van der Waals surface area contributed by atoms with Gasteiger partial charge in [0.2, 0.25) is 5.82 Å². The van der Waals surface area contributed by atoms with E-state index in [0.717, 1.165) is 6.33 Å². The lowest BCUT2D eigenvalue weighted by Crippen LogP contribution is -2.30. The fourth-order valence-electron chi connectivity index (χ4n) is 4.13. The minimum absolute atomic E-state index is 0.0825. The number of fused-ring (bicyclic) bond motifs is 1. The standard InChI is InChI=1S/C24H19F3N8O2/c1-12-6-13(2-5-17(12)25)10-28-22(36)18-8-19(30-11-29-18)23(37)31-20-9-24(26,27)16-7-14(3-4-15(16)20)21-32-34-35-33-21/h2-8,11,20H,9-10H2,1H3,(H,28,36)(H,31,37)(H,32,33,34,35)/t20-/m1/s1. The summed E-state index contributed by atoms with van der Waals surface area (Å²) >= 11 is 0. The van der Waals surface area contributed by atoms with Crippen LogP contribution in [0.5, 0.6) is 0 Å². The van der Waals surface area contributed by atoms with Crippen LogP contribution in [0.15, 0.2) is 48.8 Å². The zero-order valence-electron chi connectivity index (χ0n) is 19.3. The van der Waals surface area contributed by atoms with Gasteiger partial charge in [-0.1, -0.05) is 24.3 Å². The van der Waals surface area contributed by atoms with Gasteiger partial charge in [0.15, 0.2) is 0 Å². The highest BCUT2D eigenvalue weighted by molar-refractivity contribution is 5.97. The predicted octanol–water partition coefficient (Wildman–Crippen LogP) is 3.00. The molecule has 188 valence electrons. The molecule has 5 rings (SSSR count). The Morgan fingerprint density at radius 1 is 1.08 bits per heavy atom. The Balaban J connectivity index is 1.29. The minimum Gasteiger partial charge on any atom is -0.347 e. The van der Waals surface area contributed by atoms with E-state index < -0.39 is 30.2 Å². The summed E-state index contributed by atoms with van der Waals surface area (Å²) in [6, 6.07) is 8.99. The average molecular weight is 508 g/mol. The number of carbonyl (C=O) groups is 2. The van der Waals surface area contributed by atoms with E-state index in [9.17, 15) is 22.8 Å². The van der Waals surface area contributed by atoms with E-state index >= 15 is 0 Å². The third-order valence-corrected chi connectivity index (χ3v) is 6.00. The molecule has 0 saturated carbocycles. The third-order valence-electron chi connectivity index (χ3n) is 6.00. The largest absolute Gasteiger partial charge is 0.347 e. The molecule has 0 fully saturated rings. The van der Waals surface area contributed by atoms with Gasteiger partial charge in [-0.15, -0.1) is 10.2 Å². The van der Waals surface area contributed by atoms with E-state index in [-0.39, 0.29) is 40.7 Å². The molecular formula is C24H19F3N8O2. The van der Waals surface area contributed by atoms with Crippen LogP contribution < -0.4 is 10.6 Å². The van der Waals surface area contributed by atoms with Crippen LogP contribution in [0.3, 0.4) is 0 Å². The third kappa shape index (κ3) is 4.87. The SMILES string of the molecule is Cc1cc(CNC(=O)c2cc(C(=O)N[C@@H]3CC(F)(F)c4cc(-c5nn[nH]n5)ccc43)ncn2)ccc1F. The van der Waals surface area contributed by atoms with Gasteiger partial charge in [-0.25, -0.2) is 23.1 Å². The lowest BCUT2D eigenvalue weighted by atomic mass is 10.0. The first-order chi connectivity index (χ1) is 17.7. The van der Waals surface area contributed by atoms with Crippen molar-refractivity contribution in [2.75, 3.05) is 0 Å². The number of halogens is 3. The van der Waals surface area contributed by atoms with Crippen molar-refractivity contribution in [1.82, 2.24) is 41.2 Å². The van der Waals surface area contributed by atoms with Crippen LogP contribution in [0.25, 0.3) is 11.4 Å². The zero-order chi connectivity index (χ0) is 26.2. The van der Waals surface area contributed by atoms with Gasteiger partial charge in [0, 0.05) is 30.2 Å². The Labute approximate surface area is 207 Å². The molecular weight excluding hydrogens is 489 g/mol. The van der Waals surface area contributed by atoms with Gasteiger partial charge in [0.1, 0.15) is 23.5 Å². The number of rotatable bonds is 6. The van der Waals surface area contributed by atoms with Crippen LogP contribution in [0.4, 0.5) is 13.2 Å². The van der Waals surface area contributed by atoms with Gasteiger partial charge in [0.05, 0.1) is 6.04 Å². The molecule has 37 heavy (non-hydrogen) atoms. The first-order valence-electron chi connectivity index (χ1n) is 11.1. The Morgan fingerprint density at radius 2 is 1.86 bits per heavy atom. The number of hydrogen-bond donors (Lipinski definition) is 3. The summed E-state index contributed by atoms with van der Waals surface area (Å²) in [6.45, 7) is 1.73. The lowest BCUT2D eigenvalue weighted by Gasteiger charge is -2.14. The fourth-order valence-corrected chi connectivity index (χ4v) is 4.13. The summed E-state index contributed by atoms with van der Waals surface area (Å²) in [4.78, 5) is 33.2. The van der Waals surface area contributed by atoms with Crippen molar-refractivity contribution >= 4 is 11.8 Å². The first-order valence-corrected chi connectivity index (χ1v) is 11.1. The van der Waals surface area contributed by atoms with Crippen LogP contribution >= 0.6 is 0 Å². The maximum atomic E-state index is 14.8. The normalized spacial score (nSPS) is 15.7. The van der Waals surface area contributed by atoms with Crippen molar-refractivity contribution < 1.29 is 22.8 Å². The zero-order valence-corrected chi connectivity index (χ0v) is 19.3. The van der Waals surface area contributed by atoms with Crippen molar-refractivity contribution in [3.8, 4) is 11.4 Å². The van der Waals surface area contributed by atoms with Crippen LogP contribution in [-0.2, 0) is 12.5 Å². The summed E-state index contributed by atoms with van der Waals surface area (Å²) in [7, 11) is 0. The van der Waals surface area contributed by atoms with Crippen molar-refractivity contribution in [3.05, 3.63) is 88.3 Å². The van der Waals surface area contributed by atoms with Gasteiger partial charge in [-0.2, -0.15) is 5.21 Å². The number of aryl methyl sites for hydroxylation is 1. The maximum absolute atomic E-state index is 14.8. The van der Waals surface area contributed by atoms with Crippen molar-refractivity contribution in [2.45, 2.75) is 31.9 Å². The van der Waals surface area contributed by atoms with Crippen molar-refractivity contribution in [3.63, 3.8) is 0 Å². The molecule has 0 unspecified atom stereocenters. The topological polar surface area (TPSA) is 138 Å². The predicted molar refractivity (Wildman–Crippen MR) is 123 cm³/mol. The Hall–Kier alpha value is -4.68. The van der Waals surface area contributed by atoms with Crippen LogP contribution in [0, 0.1) is 12.7 Å². The number of nitrogens with one attached hydrogen (secondary N) is 3. The minimum atomic E-state index is -3.19. The molecule has 0 aliphatic heterocycles. The Kier molecular flexibility index (Phi) is 6.11. The van der Waals surface area contributed by atoms with Crippen molar-refractivity contribution in [2.24, 2.45) is 0 Å². The highest BCUT2D eigenvalue weighted by atomic mass is 19.3. The number of alkyl halides is 2. The highest BCUT2D eigenvalue weighted by Gasteiger charge is 2.45. The second-order valence-electron chi connectivity index (χ2n) is 8.53. The number of hydrogen-bond acceptors (Lipinski definition) is 7. The summed E-state index contributed by atoms with van der Waals surface area (Å²) in [5, 5.41) is 18.5. The van der Waals surface area contributed by atoms with Crippen LogP contribution in [0.2, 0.25) is 0 Å².